The molecular weight excluding hydrogens is 458 g/mol. The number of hydrazone groups is 1. The number of aryl methyl sites for hydroxylation is 1. The number of carbonyl (C=O) groups excluding carboxylic acids is 1. The molecule has 6 nitrogen and oxygen atoms in total. The molecule has 0 saturated heterocycles. The second-order valence-corrected chi connectivity index (χ2v) is 10.4. The van der Waals surface area contributed by atoms with Crippen molar-refractivity contribution in [1.82, 2.24) is 15.6 Å². The normalized spacial score (nSPS) is 11.1. The van der Waals surface area contributed by atoms with Gasteiger partial charge in [0.25, 0.3) is 5.91 Å². The minimum Gasteiger partial charge on any atom is -0.372 e. The van der Waals surface area contributed by atoms with Gasteiger partial charge >= 0.3 is 0 Å². The smallest absolute Gasteiger partial charge is 0.250 e. The molecule has 1 aromatic heterocycles. The fourth-order valence-electron chi connectivity index (χ4n) is 2.84. The zero-order valence-corrected chi connectivity index (χ0v) is 20.9. The van der Waals surface area contributed by atoms with Crippen LogP contribution in [0.5, 0.6) is 0 Å². The van der Waals surface area contributed by atoms with Gasteiger partial charge in [0.1, 0.15) is 0 Å². The second-order valence-electron chi connectivity index (χ2n) is 6.95. The van der Waals surface area contributed by atoms with E-state index in [2.05, 4.69) is 82.8 Å². The van der Waals surface area contributed by atoms with Crippen molar-refractivity contribution in [2.75, 3.05) is 23.7 Å². The number of nitrogens with zero attached hydrogens (tertiary/aromatic N) is 4. The summed E-state index contributed by atoms with van der Waals surface area (Å²) >= 11 is 4.53. The summed E-state index contributed by atoms with van der Waals surface area (Å²) in [7, 11) is 0. The molecule has 0 bridgehead atoms. The Morgan fingerprint density at radius 3 is 2.34 bits per heavy atom. The summed E-state index contributed by atoms with van der Waals surface area (Å²) in [5.41, 5.74) is 7.20. The van der Waals surface area contributed by atoms with Crippen molar-refractivity contribution in [2.45, 2.75) is 35.2 Å². The van der Waals surface area contributed by atoms with Crippen molar-refractivity contribution in [3.05, 3.63) is 65.2 Å². The average molecular weight is 486 g/mol. The average Bonchev–Trinajstić information content (AvgIpc) is 3.27. The van der Waals surface area contributed by atoms with Crippen molar-refractivity contribution in [3.8, 4) is 0 Å². The minimum atomic E-state index is -0.171. The van der Waals surface area contributed by atoms with Crippen molar-refractivity contribution in [1.29, 1.82) is 0 Å². The third kappa shape index (κ3) is 7.65. The van der Waals surface area contributed by atoms with Gasteiger partial charge in [0.15, 0.2) is 8.68 Å². The van der Waals surface area contributed by atoms with Gasteiger partial charge in [-0.25, -0.2) is 5.43 Å². The van der Waals surface area contributed by atoms with Crippen LogP contribution in [0.2, 0.25) is 0 Å². The van der Waals surface area contributed by atoms with Crippen LogP contribution in [0, 0.1) is 6.92 Å². The summed E-state index contributed by atoms with van der Waals surface area (Å²) in [4.78, 5) is 14.3. The van der Waals surface area contributed by atoms with Crippen LogP contribution >= 0.6 is 34.9 Å². The van der Waals surface area contributed by atoms with E-state index in [1.165, 1.54) is 39.9 Å². The topological polar surface area (TPSA) is 70.5 Å². The van der Waals surface area contributed by atoms with E-state index in [0.29, 0.717) is 0 Å². The first-order valence-corrected chi connectivity index (χ1v) is 13.2. The number of thioether (sulfide) groups is 2. The number of carbonyl (C=O) groups is 1. The van der Waals surface area contributed by atoms with E-state index in [9.17, 15) is 4.79 Å². The Morgan fingerprint density at radius 1 is 1.03 bits per heavy atom. The lowest BCUT2D eigenvalue weighted by molar-refractivity contribution is -0.118. The summed E-state index contributed by atoms with van der Waals surface area (Å²) in [5, 5.41) is 12.4. The molecule has 2 aromatic carbocycles. The van der Waals surface area contributed by atoms with Gasteiger partial charge in [-0.1, -0.05) is 76.8 Å². The molecule has 0 fully saturated rings. The molecule has 0 radical (unpaired) electrons. The van der Waals surface area contributed by atoms with E-state index in [1.54, 1.807) is 18.0 Å². The SMILES string of the molecule is CCN(CC)c1ccc(/C=N\NC(=O)CSc2nnc(SCc3ccc(C)cc3)s2)cc1. The summed E-state index contributed by atoms with van der Waals surface area (Å²) < 4.78 is 1.68. The van der Waals surface area contributed by atoms with Crippen LogP contribution in [0.4, 0.5) is 5.69 Å². The number of hydrogen-bond acceptors (Lipinski definition) is 8. The van der Waals surface area contributed by atoms with E-state index in [4.69, 9.17) is 0 Å². The third-order valence-electron chi connectivity index (χ3n) is 4.62. The number of aromatic nitrogens is 2. The molecule has 0 aliphatic heterocycles. The number of benzene rings is 2. The Balaban J connectivity index is 1.39. The summed E-state index contributed by atoms with van der Waals surface area (Å²) in [6.07, 6.45) is 1.65. The van der Waals surface area contributed by atoms with Gasteiger partial charge in [0, 0.05) is 24.5 Å². The maximum Gasteiger partial charge on any atom is 0.250 e. The zero-order chi connectivity index (χ0) is 22.8. The molecule has 3 aromatic rings. The maximum atomic E-state index is 12.1. The molecule has 1 heterocycles. The molecule has 1 N–H and O–H groups in total. The molecule has 0 spiro atoms. The van der Waals surface area contributed by atoms with Gasteiger partial charge in [-0.15, -0.1) is 10.2 Å². The Labute approximate surface area is 201 Å². The van der Waals surface area contributed by atoms with Gasteiger partial charge in [-0.3, -0.25) is 4.79 Å². The molecule has 0 aliphatic rings. The molecule has 0 unspecified atom stereocenters. The number of rotatable bonds is 11. The van der Waals surface area contributed by atoms with Crippen molar-refractivity contribution < 1.29 is 4.79 Å². The lowest BCUT2D eigenvalue weighted by Gasteiger charge is -2.20. The summed E-state index contributed by atoms with van der Waals surface area (Å²) in [6, 6.07) is 16.6. The van der Waals surface area contributed by atoms with Gasteiger partial charge in [0.05, 0.1) is 12.0 Å². The molecule has 168 valence electrons. The summed E-state index contributed by atoms with van der Waals surface area (Å²) in [6.45, 7) is 8.30. The number of hydrogen-bond donors (Lipinski definition) is 1. The molecule has 0 atom stereocenters. The first-order chi connectivity index (χ1) is 15.6. The highest BCUT2D eigenvalue weighted by Crippen LogP contribution is 2.30. The third-order valence-corrected chi connectivity index (χ3v) is 7.88. The standard InChI is InChI=1S/C23H27N5OS3/c1-4-28(5-2)20-12-10-18(11-13-20)14-24-25-21(29)16-31-23-27-26-22(32-23)30-15-19-8-6-17(3)7-9-19/h6-14H,4-5,15-16H2,1-3H3,(H,25,29)/b24-14-. The Hall–Kier alpha value is -2.36. The lowest BCUT2D eigenvalue weighted by Crippen LogP contribution is -2.21. The molecule has 1 amide bonds. The number of amides is 1. The van der Waals surface area contributed by atoms with E-state index < -0.39 is 0 Å². The molecule has 0 aliphatic carbocycles. The van der Waals surface area contributed by atoms with Gasteiger partial charge < -0.3 is 4.90 Å². The zero-order valence-electron chi connectivity index (χ0n) is 18.4. The van der Waals surface area contributed by atoms with E-state index >= 15 is 0 Å². The first kappa shape index (κ1) is 24.3. The van der Waals surface area contributed by atoms with E-state index in [1.807, 2.05) is 12.1 Å². The first-order valence-electron chi connectivity index (χ1n) is 10.4. The highest BCUT2D eigenvalue weighted by Gasteiger charge is 2.09. The van der Waals surface area contributed by atoms with E-state index in [0.717, 1.165) is 33.1 Å². The number of nitrogens with one attached hydrogen (secondary N) is 1. The highest BCUT2D eigenvalue weighted by molar-refractivity contribution is 8.03. The molecule has 9 heteroatoms. The van der Waals surface area contributed by atoms with Crippen LogP contribution in [0.1, 0.15) is 30.5 Å². The monoisotopic (exact) mass is 485 g/mol. The van der Waals surface area contributed by atoms with Gasteiger partial charge in [-0.2, -0.15) is 5.10 Å². The molecule has 32 heavy (non-hydrogen) atoms. The van der Waals surface area contributed by atoms with Crippen LogP contribution in [0.15, 0.2) is 62.3 Å². The minimum absolute atomic E-state index is 0.171. The lowest BCUT2D eigenvalue weighted by atomic mass is 10.2. The number of anilines is 1. The largest absolute Gasteiger partial charge is 0.372 e. The summed E-state index contributed by atoms with van der Waals surface area (Å²) in [5.74, 6) is 0.926. The van der Waals surface area contributed by atoms with Crippen LogP contribution in [0.3, 0.4) is 0 Å². The Morgan fingerprint density at radius 2 is 1.69 bits per heavy atom. The quantitative estimate of drug-likeness (QED) is 0.228. The van der Waals surface area contributed by atoms with Crippen molar-refractivity contribution >= 4 is 52.7 Å². The molecule has 0 saturated carbocycles. The highest BCUT2D eigenvalue weighted by atomic mass is 32.2. The fraction of sp³-hybridized carbons (Fsp3) is 0.304. The molecular formula is C23H27N5OS3. The van der Waals surface area contributed by atoms with Crippen molar-refractivity contribution in [2.24, 2.45) is 5.10 Å². The fourth-order valence-corrected chi connectivity index (χ4v) is 5.61. The van der Waals surface area contributed by atoms with Gasteiger partial charge in [-0.05, 0) is 44.0 Å². The molecule has 3 rings (SSSR count). The predicted octanol–water partition coefficient (Wildman–Crippen LogP) is 5.23. The van der Waals surface area contributed by atoms with Crippen LogP contribution in [-0.2, 0) is 10.5 Å². The predicted molar refractivity (Wildman–Crippen MR) is 137 cm³/mol. The van der Waals surface area contributed by atoms with Crippen LogP contribution < -0.4 is 10.3 Å². The maximum absolute atomic E-state index is 12.1. The van der Waals surface area contributed by atoms with Crippen LogP contribution in [-0.4, -0.2) is 41.2 Å². The van der Waals surface area contributed by atoms with Crippen LogP contribution in [0.25, 0.3) is 0 Å². The Kier molecular flexibility index (Phi) is 9.58. The Bertz CT molecular complexity index is 1010. The van der Waals surface area contributed by atoms with Crippen molar-refractivity contribution in [3.63, 3.8) is 0 Å². The van der Waals surface area contributed by atoms with E-state index in [-0.39, 0.29) is 11.7 Å². The second kappa shape index (κ2) is 12.6. The van der Waals surface area contributed by atoms with Gasteiger partial charge in [0.2, 0.25) is 0 Å².